The molecular formula is C17H27BrN2O2S. The third-order valence-electron chi connectivity index (χ3n) is 4.10. The quantitative estimate of drug-likeness (QED) is 0.777. The summed E-state index contributed by atoms with van der Waals surface area (Å²) in [4.78, 5) is 15.6. The van der Waals surface area contributed by atoms with Gasteiger partial charge < -0.3 is 15.0 Å². The molecule has 0 aromatic carbocycles. The van der Waals surface area contributed by atoms with Gasteiger partial charge in [0.2, 0.25) is 0 Å². The first-order chi connectivity index (χ1) is 10.7. The van der Waals surface area contributed by atoms with Crippen LogP contribution in [0, 0.1) is 0 Å². The first-order valence-corrected chi connectivity index (χ1v) is 9.79. The number of rotatable bonds is 3. The van der Waals surface area contributed by atoms with Gasteiger partial charge in [-0.15, -0.1) is 11.3 Å². The molecule has 0 spiro atoms. The second-order valence-electron chi connectivity index (χ2n) is 7.19. The molecule has 2 rings (SSSR count). The fourth-order valence-corrected chi connectivity index (χ4v) is 4.34. The van der Waals surface area contributed by atoms with Gasteiger partial charge in [0.1, 0.15) is 5.60 Å². The molecule has 2 heterocycles. The zero-order chi connectivity index (χ0) is 17.2. The Morgan fingerprint density at radius 1 is 1.48 bits per heavy atom. The molecule has 1 N–H and O–H groups in total. The molecule has 1 fully saturated rings. The van der Waals surface area contributed by atoms with Crippen LogP contribution in [0.4, 0.5) is 4.79 Å². The average Bonchev–Trinajstić information content (AvgIpc) is 2.86. The third-order valence-corrected chi connectivity index (χ3v) is 5.91. The van der Waals surface area contributed by atoms with E-state index in [-0.39, 0.29) is 24.2 Å². The Morgan fingerprint density at radius 3 is 2.74 bits per heavy atom. The summed E-state index contributed by atoms with van der Waals surface area (Å²) in [5.41, 5.74) is -0.451. The van der Waals surface area contributed by atoms with Gasteiger partial charge in [0.25, 0.3) is 0 Å². The van der Waals surface area contributed by atoms with E-state index < -0.39 is 5.60 Å². The minimum absolute atomic E-state index is 0.129. The van der Waals surface area contributed by atoms with E-state index >= 15 is 0 Å². The van der Waals surface area contributed by atoms with Gasteiger partial charge in [-0.3, -0.25) is 0 Å². The van der Waals surface area contributed by atoms with Gasteiger partial charge in [0.05, 0.1) is 3.79 Å². The van der Waals surface area contributed by atoms with Gasteiger partial charge in [0, 0.05) is 29.5 Å². The smallest absolute Gasteiger partial charge is 0.410 e. The Kier molecular flexibility index (Phi) is 6.14. The van der Waals surface area contributed by atoms with Crippen LogP contribution in [0.5, 0.6) is 0 Å². The molecule has 0 radical (unpaired) electrons. The predicted octanol–water partition coefficient (Wildman–Crippen LogP) is 4.95. The highest BCUT2D eigenvalue weighted by Gasteiger charge is 2.34. The number of likely N-dealkylation sites (tertiary alicyclic amines) is 1. The van der Waals surface area contributed by atoms with E-state index in [1.165, 1.54) is 4.88 Å². The van der Waals surface area contributed by atoms with Crippen molar-refractivity contribution in [1.29, 1.82) is 0 Å². The molecule has 3 atom stereocenters. The Balaban J connectivity index is 1.99. The number of thiophene rings is 1. The number of carbonyl (C=O) groups excluding carboxylic acids is 1. The van der Waals surface area contributed by atoms with Crippen molar-refractivity contribution >= 4 is 33.4 Å². The monoisotopic (exact) mass is 402 g/mol. The number of piperidine rings is 1. The zero-order valence-electron chi connectivity index (χ0n) is 14.6. The summed E-state index contributed by atoms with van der Waals surface area (Å²) in [5, 5.41) is 3.69. The van der Waals surface area contributed by atoms with Crippen LogP contribution in [0.25, 0.3) is 0 Å². The lowest BCUT2D eigenvalue weighted by molar-refractivity contribution is 0.00645. The lowest BCUT2D eigenvalue weighted by Gasteiger charge is -2.41. The van der Waals surface area contributed by atoms with Crippen molar-refractivity contribution in [2.75, 3.05) is 6.54 Å². The molecule has 0 saturated carbocycles. The number of ether oxygens (including phenoxy) is 1. The predicted molar refractivity (Wildman–Crippen MR) is 99.0 cm³/mol. The Hall–Kier alpha value is -0.590. The van der Waals surface area contributed by atoms with Gasteiger partial charge in [-0.05, 0) is 75.5 Å². The highest BCUT2D eigenvalue weighted by Crippen LogP contribution is 2.29. The normalized spacial score (nSPS) is 23.7. The molecule has 0 aliphatic carbocycles. The summed E-state index contributed by atoms with van der Waals surface area (Å²) in [6, 6.07) is 4.91. The second-order valence-corrected chi connectivity index (χ2v) is 9.69. The summed E-state index contributed by atoms with van der Waals surface area (Å²) >= 11 is 5.26. The number of amides is 1. The summed E-state index contributed by atoms with van der Waals surface area (Å²) < 4.78 is 6.69. The van der Waals surface area contributed by atoms with Crippen LogP contribution in [0.1, 0.15) is 58.4 Å². The van der Waals surface area contributed by atoms with Gasteiger partial charge in [-0.25, -0.2) is 4.79 Å². The molecule has 3 unspecified atom stereocenters. The summed E-state index contributed by atoms with van der Waals surface area (Å²) in [7, 11) is 0. The van der Waals surface area contributed by atoms with Crippen molar-refractivity contribution in [3.05, 3.63) is 20.8 Å². The van der Waals surface area contributed by atoms with Crippen LogP contribution >= 0.6 is 27.3 Å². The molecule has 1 aromatic heterocycles. The van der Waals surface area contributed by atoms with Crippen molar-refractivity contribution in [1.82, 2.24) is 10.2 Å². The fourth-order valence-electron chi connectivity index (χ4n) is 2.91. The molecule has 1 aliphatic rings. The number of halogens is 1. The maximum atomic E-state index is 12.4. The fraction of sp³-hybridized carbons (Fsp3) is 0.706. The van der Waals surface area contributed by atoms with E-state index in [2.05, 4.69) is 47.2 Å². The van der Waals surface area contributed by atoms with Crippen LogP contribution in [0.2, 0.25) is 0 Å². The lowest BCUT2D eigenvalue weighted by Crippen LogP contribution is -2.55. The molecule has 0 bridgehead atoms. The maximum absolute atomic E-state index is 12.4. The van der Waals surface area contributed by atoms with E-state index in [1.807, 2.05) is 25.7 Å². The molecule has 6 heteroatoms. The molecule has 1 amide bonds. The number of carbonyl (C=O) groups is 1. The van der Waals surface area contributed by atoms with E-state index in [9.17, 15) is 4.79 Å². The topological polar surface area (TPSA) is 41.6 Å². The minimum Gasteiger partial charge on any atom is -0.444 e. The largest absolute Gasteiger partial charge is 0.444 e. The number of nitrogens with one attached hydrogen (secondary N) is 1. The van der Waals surface area contributed by atoms with E-state index in [0.717, 1.165) is 23.2 Å². The first-order valence-electron chi connectivity index (χ1n) is 8.18. The zero-order valence-corrected chi connectivity index (χ0v) is 17.0. The molecule has 1 aliphatic heterocycles. The minimum atomic E-state index is -0.451. The van der Waals surface area contributed by atoms with Crippen molar-refractivity contribution in [3.63, 3.8) is 0 Å². The number of hydrogen-bond donors (Lipinski definition) is 1. The third kappa shape index (κ3) is 5.19. The summed E-state index contributed by atoms with van der Waals surface area (Å²) in [6.45, 7) is 10.8. The lowest BCUT2D eigenvalue weighted by atomic mass is 9.97. The molecule has 130 valence electrons. The number of nitrogens with zero attached hydrogens (tertiary/aromatic N) is 1. The van der Waals surface area contributed by atoms with Gasteiger partial charge in [-0.1, -0.05) is 0 Å². The first kappa shape index (κ1) is 18.7. The van der Waals surface area contributed by atoms with E-state index in [4.69, 9.17) is 4.74 Å². The molecule has 23 heavy (non-hydrogen) atoms. The Bertz CT molecular complexity index is 541. The van der Waals surface area contributed by atoms with Gasteiger partial charge in [0.15, 0.2) is 0 Å². The molecule has 4 nitrogen and oxygen atoms in total. The summed E-state index contributed by atoms with van der Waals surface area (Å²) in [6.07, 6.45) is 1.88. The van der Waals surface area contributed by atoms with Crippen molar-refractivity contribution in [2.24, 2.45) is 0 Å². The summed E-state index contributed by atoms with van der Waals surface area (Å²) in [5.74, 6) is 0. The Morgan fingerprint density at radius 2 is 2.17 bits per heavy atom. The van der Waals surface area contributed by atoms with E-state index in [1.54, 1.807) is 11.3 Å². The highest BCUT2D eigenvalue weighted by atomic mass is 79.9. The standard InChI is InChI=1S/C17H27BrN2O2S/c1-11(14-8-9-15(18)23-14)19-13-7-6-10-20(12(13)2)16(21)22-17(3,4)5/h8-9,11-13,19H,6-7,10H2,1-5H3. The van der Waals surface area contributed by atoms with Crippen molar-refractivity contribution in [2.45, 2.75) is 71.2 Å². The van der Waals surface area contributed by atoms with Crippen LogP contribution in [0.3, 0.4) is 0 Å². The van der Waals surface area contributed by atoms with Crippen LogP contribution < -0.4 is 5.32 Å². The van der Waals surface area contributed by atoms with Gasteiger partial charge in [-0.2, -0.15) is 0 Å². The van der Waals surface area contributed by atoms with Crippen LogP contribution in [-0.4, -0.2) is 35.2 Å². The highest BCUT2D eigenvalue weighted by molar-refractivity contribution is 9.11. The molecule has 1 aromatic rings. The average molecular weight is 403 g/mol. The maximum Gasteiger partial charge on any atom is 0.410 e. The SMILES string of the molecule is CC(NC1CCCN(C(=O)OC(C)(C)C)C1C)c1ccc(Br)s1. The second kappa shape index (κ2) is 7.53. The van der Waals surface area contributed by atoms with Crippen LogP contribution in [-0.2, 0) is 4.74 Å². The number of hydrogen-bond acceptors (Lipinski definition) is 4. The van der Waals surface area contributed by atoms with E-state index in [0.29, 0.717) is 0 Å². The molecule has 1 saturated heterocycles. The van der Waals surface area contributed by atoms with Crippen molar-refractivity contribution in [3.8, 4) is 0 Å². The van der Waals surface area contributed by atoms with Crippen LogP contribution in [0.15, 0.2) is 15.9 Å². The Labute approximate surface area is 151 Å². The van der Waals surface area contributed by atoms with Crippen molar-refractivity contribution < 1.29 is 9.53 Å². The molecular weight excluding hydrogens is 376 g/mol. The van der Waals surface area contributed by atoms with Gasteiger partial charge >= 0.3 is 6.09 Å².